The molecule has 3 heterocycles. The van der Waals surface area contributed by atoms with E-state index in [0.29, 0.717) is 31.2 Å². The van der Waals surface area contributed by atoms with Crippen molar-refractivity contribution in [2.24, 2.45) is 0 Å². The molecule has 6 nitrogen and oxygen atoms in total. The van der Waals surface area contributed by atoms with E-state index < -0.39 is 28.6 Å². The Hall–Kier alpha value is -2.78. The van der Waals surface area contributed by atoms with Crippen LogP contribution in [-0.4, -0.2) is 41.8 Å². The van der Waals surface area contributed by atoms with Gasteiger partial charge in [-0.15, -0.1) is 11.3 Å². The van der Waals surface area contributed by atoms with Gasteiger partial charge in [0.25, 0.3) is 0 Å². The molecular weight excluding hydrogens is 388 g/mol. The van der Waals surface area contributed by atoms with Gasteiger partial charge in [-0.25, -0.2) is 13.6 Å². The molecule has 0 saturated carbocycles. The van der Waals surface area contributed by atoms with E-state index in [0.717, 1.165) is 6.20 Å². The van der Waals surface area contributed by atoms with Crippen LogP contribution < -0.4 is 15.6 Å². The molecule has 1 fully saturated rings. The number of anilines is 1. The van der Waals surface area contributed by atoms with E-state index in [4.69, 9.17) is 0 Å². The Balaban J connectivity index is 2.15. The van der Waals surface area contributed by atoms with Gasteiger partial charge in [0, 0.05) is 37.9 Å². The van der Waals surface area contributed by atoms with Crippen LogP contribution in [0.4, 0.5) is 14.5 Å². The maximum atomic E-state index is 15.7. The molecular formula is C19H17F2N3O3S. The number of carboxylic acids is 1. The summed E-state index contributed by atoms with van der Waals surface area (Å²) in [6, 6.07) is 3.42. The first kappa shape index (κ1) is 18.6. The summed E-state index contributed by atoms with van der Waals surface area (Å²) in [6.07, 6.45) is 1.11. The zero-order chi connectivity index (χ0) is 20.0. The lowest BCUT2D eigenvalue weighted by Crippen LogP contribution is -2.44. The van der Waals surface area contributed by atoms with E-state index in [2.05, 4.69) is 5.32 Å². The number of hydrogen-bond donors (Lipinski definition) is 2. The number of nitrogens with one attached hydrogen (secondary N) is 1. The molecule has 0 aliphatic carbocycles. The third-order valence-electron chi connectivity index (χ3n) is 4.94. The molecule has 4 rings (SSSR count). The molecule has 1 aliphatic rings. The summed E-state index contributed by atoms with van der Waals surface area (Å²) in [5.41, 5.74) is -1.76. The monoisotopic (exact) mass is 405 g/mol. The van der Waals surface area contributed by atoms with Crippen LogP contribution in [0.25, 0.3) is 15.9 Å². The van der Waals surface area contributed by atoms with E-state index in [1.807, 2.05) is 0 Å². The third kappa shape index (κ3) is 2.78. The lowest BCUT2D eigenvalue weighted by Gasteiger charge is -2.31. The molecule has 3 aromatic rings. The topological polar surface area (TPSA) is 74.6 Å². The predicted octanol–water partition coefficient (Wildman–Crippen LogP) is 2.75. The van der Waals surface area contributed by atoms with Crippen molar-refractivity contribution in [2.45, 2.75) is 6.92 Å². The van der Waals surface area contributed by atoms with Crippen LogP contribution in [0.3, 0.4) is 0 Å². The quantitative estimate of drug-likeness (QED) is 0.701. The molecule has 9 heteroatoms. The summed E-state index contributed by atoms with van der Waals surface area (Å²) in [5.74, 6) is -3.13. The van der Waals surface area contributed by atoms with Crippen molar-refractivity contribution in [3.63, 3.8) is 0 Å². The van der Waals surface area contributed by atoms with E-state index in [1.54, 1.807) is 22.4 Å². The van der Waals surface area contributed by atoms with Crippen molar-refractivity contribution < 1.29 is 18.7 Å². The highest BCUT2D eigenvalue weighted by atomic mass is 32.1. The van der Waals surface area contributed by atoms with Gasteiger partial charge >= 0.3 is 5.97 Å². The summed E-state index contributed by atoms with van der Waals surface area (Å²) in [5, 5.41) is 14.6. The van der Waals surface area contributed by atoms with Crippen molar-refractivity contribution in [1.29, 1.82) is 0 Å². The van der Waals surface area contributed by atoms with E-state index in [-0.39, 0.29) is 22.2 Å². The number of carboxylic acid groups (broad SMARTS) is 1. The zero-order valence-corrected chi connectivity index (χ0v) is 15.8. The van der Waals surface area contributed by atoms with Gasteiger partial charge in [-0.2, -0.15) is 0 Å². The molecule has 1 saturated heterocycles. The second-order valence-electron chi connectivity index (χ2n) is 6.56. The van der Waals surface area contributed by atoms with Crippen LogP contribution >= 0.6 is 11.3 Å². The first-order chi connectivity index (χ1) is 13.4. The molecule has 1 aromatic carbocycles. The maximum Gasteiger partial charge on any atom is 0.341 e. The van der Waals surface area contributed by atoms with E-state index >= 15 is 8.78 Å². The molecule has 0 radical (unpaired) electrons. The van der Waals surface area contributed by atoms with Gasteiger partial charge in [0.1, 0.15) is 11.3 Å². The number of aryl methyl sites for hydroxylation is 1. The highest BCUT2D eigenvalue weighted by Gasteiger charge is 2.28. The number of pyridine rings is 1. The molecule has 0 unspecified atom stereocenters. The largest absolute Gasteiger partial charge is 0.477 e. The fourth-order valence-corrected chi connectivity index (χ4v) is 4.28. The summed E-state index contributed by atoms with van der Waals surface area (Å²) < 4.78 is 32.2. The highest BCUT2D eigenvalue weighted by Crippen LogP contribution is 2.35. The molecule has 146 valence electrons. The smallest absolute Gasteiger partial charge is 0.341 e. The highest BCUT2D eigenvalue weighted by molar-refractivity contribution is 7.12. The molecule has 0 amide bonds. The number of hydrogen-bond acceptors (Lipinski definition) is 5. The van der Waals surface area contributed by atoms with Gasteiger partial charge in [-0.3, -0.25) is 4.79 Å². The Morgan fingerprint density at radius 3 is 2.57 bits per heavy atom. The fraction of sp³-hybridized carbons (Fsp3) is 0.263. The summed E-state index contributed by atoms with van der Waals surface area (Å²) in [4.78, 5) is 25.9. The predicted molar refractivity (Wildman–Crippen MR) is 104 cm³/mol. The van der Waals surface area contributed by atoms with Crippen LogP contribution in [0.2, 0.25) is 0 Å². The number of aromatic carboxylic acids is 1. The van der Waals surface area contributed by atoms with Gasteiger partial charge in [0.2, 0.25) is 5.43 Å². The number of halogens is 2. The Bertz CT molecular complexity index is 1140. The molecule has 0 bridgehead atoms. The van der Waals surface area contributed by atoms with Gasteiger partial charge in [0.15, 0.2) is 11.6 Å². The Morgan fingerprint density at radius 2 is 1.96 bits per heavy atom. The number of fused-ring (bicyclic) bond motifs is 1. The minimum atomic E-state index is -1.44. The molecule has 2 N–H and O–H groups in total. The van der Waals surface area contributed by atoms with Crippen molar-refractivity contribution in [3.8, 4) is 5.00 Å². The zero-order valence-electron chi connectivity index (χ0n) is 15.0. The van der Waals surface area contributed by atoms with Gasteiger partial charge < -0.3 is 19.9 Å². The van der Waals surface area contributed by atoms with E-state index in [1.165, 1.54) is 22.8 Å². The second-order valence-corrected chi connectivity index (χ2v) is 7.49. The SMILES string of the molecule is Cc1c(F)c(N2CCNCC2)c(F)c2c1c(=O)c(C(=O)O)cn2-c1cccs1. The molecule has 28 heavy (non-hydrogen) atoms. The van der Waals surface area contributed by atoms with Crippen molar-refractivity contribution in [1.82, 2.24) is 9.88 Å². The van der Waals surface area contributed by atoms with Crippen LogP contribution in [0, 0.1) is 18.6 Å². The van der Waals surface area contributed by atoms with Crippen molar-refractivity contribution in [3.05, 3.63) is 56.7 Å². The van der Waals surface area contributed by atoms with Gasteiger partial charge in [-0.05, 0) is 24.4 Å². The van der Waals surface area contributed by atoms with Crippen molar-refractivity contribution in [2.75, 3.05) is 31.1 Å². The normalized spacial score (nSPS) is 14.6. The van der Waals surface area contributed by atoms with Gasteiger partial charge in [0.05, 0.1) is 15.9 Å². The lowest BCUT2D eigenvalue weighted by molar-refractivity contribution is 0.0695. The van der Waals surface area contributed by atoms with Gasteiger partial charge in [-0.1, -0.05) is 0 Å². The average molecular weight is 405 g/mol. The first-order valence-corrected chi connectivity index (χ1v) is 9.59. The number of piperazine rings is 1. The summed E-state index contributed by atoms with van der Waals surface area (Å²) >= 11 is 1.26. The van der Waals surface area contributed by atoms with Crippen LogP contribution in [-0.2, 0) is 0 Å². The van der Waals surface area contributed by atoms with E-state index in [9.17, 15) is 14.7 Å². The second kappa shape index (κ2) is 6.99. The minimum Gasteiger partial charge on any atom is -0.477 e. The molecule has 2 aromatic heterocycles. The molecule has 0 atom stereocenters. The van der Waals surface area contributed by atoms with Crippen LogP contribution in [0.5, 0.6) is 0 Å². The minimum absolute atomic E-state index is 0.0525. The maximum absolute atomic E-state index is 15.7. The number of rotatable bonds is 3. The fourth-order valence-electron chi connectivity index (χ4n) is 3.57. The number of thiophene rings is 1. The first-order valence-electron chi connectivity index (χ1n) is 8.71. The Kier molecular flexibility index (Phi) is 4.64. The third-order valence-corrected chi connectivity index (χ3v) is 5.81. The van der Waals surface area contributed by atoms with Crippen LogP contribution in [0.15, 0.2) is 28.5 Å². The summed E-state index contributed by atoms with van der Waals surface area (Å²) in [7, 11) is 0. The van der Waals surface area contributed by atoms with Crippen molar-refractivity contribution >= 4 is 33.9 Å². The number of carbonyl (C=O) groups is 1. The molecule has 1 aliphatic heterocycles. The number of nitrogens with zero attached hydrogens (tertiary/aromatic N) is 2. The lowest BCUT2D eigenvalue weighted by atomic mass is 10.0. The summed E-state index contributed by atoms with van der Waals surface area (Å²) in [6.45, 7) is 3.41. The standard InChI is InChI=1S/C19H17F2N3O3S/c1-10-13-16(15(21)17(14(10)20)23-6-4-22-5-7-23)24(12-3-2-8-28-12)9-11(18(13)25)19(26)27/h2-3,8-9,22H,4-7H2,1H3,(H,26,27). The van der Waals surface area contributed by atoms with Crippen LogP contribution in [0.1, 0.15) is 15.9 Å². The number of aromatic nitrogens is 1. The molecule has 0 spiro atoms. The average Bonchev–Trinajstić information content (AvgIpc) is 3.21. The Morgan fingerprint density at radius 1 is 1.25 bits per heavy atom. The Labute approximate surface area is 162 Å². The number of benzene rings is 1.